The van der Waals surface area contributed by atoms with Gasteiger partial charge in [0.15, 0.2) is 0 Å². The quantitative estimate of drug-likeness (QED) is 0.679. The average molecular weight is 264 g/mol. The van der Waals surface area contributed by atoms with Crippen molar-refractivity contribution in [3.63, 3.8) is 0 Å². The molecular weight excluding hydrogens is 240 g/mol. The van der Waals surface area contributed by atoms with Crippen molar-refractivity contribution in [3.8, 4) is 5.75 Å². The van der Waals surface area contributed by atoms with Crippen LogP contribution in [0.3, 0.4) is 0 Å². The molecule has 2 amide bonds. The number of carbonyl (C=O) groups excluding carboxylic acids is 1. The van der Waals surface area contributed by atoms with Gasteiger partial charge in [-0.3, -0.25) is 0 Å². The number of nitrogens with two attached hydrogens (primary N) is 1. The summed E-state index contributed by atoms with van der Waals surface area (Å²) in [4.78, 5) is 11.0. The van der Waals surface area contributed by atoms with Gasteiger partial charge in [-0.1, -0.05) is 41.5 Å². The highest BCUT2D eigenvalue weighted by atomic mass is 16.3. The Hall–Kier alpha value is -1.71. The van der Waals surface area contributed by atoms with Crippen LogP contribution in [0.1, 0.15) is 52.7 Å². The average Bonchev–Trinajstić information content (AvgIpc) is 2.16. The summed E-state index contributed by atoms with van der Waals surface area (Å²) in [7, 11) is 0. The van der Waals surface area contributed by atoms with Crippen LogP contribution in [0.4, 0.5) is 10.5 Å². The van der Waals surface area contributed by atoms with Crippen LogP contribution in [0.15, 0.2) is 12.1 Å². The molecule has 0 heterocycles. The third-order valence-electron chi connectivity index (χ3n) is 2.99. The molecule has 0 aromatic heterocycles. The monoisotopic (exact) mass is 264 g/mol. The van der Waals surface area contributed by atoms with E-state index in [0.717, 1.165) is 11.1 Å². The number of rotatable bonds is 1. The number of phenols is 1. The van der Waals surface area contributed by atoms with Gasteiger partial charge < -0.3 is 16.2 Å². The summed E-state index contributed by atoms with van der Waals surface area (Å²) in [6.07, 6.45) is 0. The van der Waals surface area contributed by atoms with E-state index in [9.17, 15) is 9.90 Å². The lowest BCUT2D eigenvalue weighted by atomic mass is 9.79. The number of aromatic hydroxyl groups is 1. The number of benzene rings is 1. The maximum absolute atomic E-state index is 11.0. The Morgan fingerprint density at radius 2 is 1.42 bits per heavy atom. The highest BCUT2D eigenvalue weighted by Crippen LogP contribution is 2.40. The number of primary amides is 1. The molecule has 0 saturated carbocycles. The van der Waals surface area contributed by atoms with Crippen LogP contribution >= 0.6 is 0 Å². The molecule has 19 heavy (non-hydrogen) atoms. The van der Waals surface area contributed by atoms with Crippen molar-refractivity contribution in [1.29, 1.82) is 0 Å². The first-order chi connectivity index (χ1) is 8.43. The Morgan fingerprint density at radius 3 is 1.68 bits per heavy atom. The summed E-state index contributed by atoms with van der Waals surface area (Å²) >= 11 is 0. The van der Waals surface area contributed by atoms with Crippen molar-refractivity contribution < 1.29 is 9.90 Å². The van der Waals surface area contributed by atoms with E-state index in [4.69, 9.17) is 5.73 Å². The molecule has 1 aromatic rings. The molecule has 0 bridgehead atoms. The predicted molar refractivity (Wildman–Crippen MR) is 78.7 cm³/mol. The van der Waals surface area contributed by atoms with E-state index in [1.165, 1.54) is 0 Å². The first kappa shape index (κ1) is 15.3. The molecule has 4 nitrogen and oxygen atoms in total. The van der Waals surface area contributed by atoms with E-state index < -0.39 is 6.03 Å². The van der Waals surface area contributed by atoms with Crippen molar-refractivity contribution in [1.82, 2.24) is 0 Å². The second kappa shape index (κ2) is 4.76. The second-order valence-corrected chi connectivity index (χ2v) is 6.91. The normalized spacial score (nSPS) is 12.3. The van der Waals surface area contributed by atoms with Crippen LogP contribution in [0.2, 0.25) is 0 Å². The third-order valence-corrected chi connectivity index (χ3v) is 2.99. The van der Waals surface area contributed by atoms with Gasteiger partial charge in [-0.25, -0.2) is 4.79 Å². The molecule has 4 N–H and O–H groups in total. The number of phenolic OH excluding ortho intramolecular Hbond substituents is 1. The highest BCUT2D eigenvalue weighted by molar-refractivity contribution is 5.88. The number of hydrogen-bond acceptors (Lipinski definition) is 2. The van der Waals surface area contributed by atoms with Crippen LogP contribution in [-0.2, 0) is 10.8 Å². The summed E-state index contributed by atoms with van der Waals surface area (Å²) in [5.41, 5.74) is 6.92. The van der Waals surface area contributed by atoms with Gasteiger partial charge in [-0.05, 0) is 23.0 Å². The summed E-state index contributed by atoms with van der Waals surface area (Å²) < 4.78 is 0. The largest absolute Gasteiger partial charge is 0.507 e. The highest BCUT2D eigenvalue weighted by Gasteiger charge is 2.26. The van der Waals surface area contributed by atoms with E-state index in [0.29, 0.717) is 5.69 Å². The zero-order chi connectivity index (χ0) is 15.0. The molecule has 0 atom stereocenters. The first-order valence-electron chi connectivity index (χ1n) is 6.37. The van der Waals surface area contributed by atoms with Gasteiger partial charge in [-0.15, -0.1) is 0 Å². The van der Waals surface area contributed by atoms with E-state index >= 15 is 0 Å². The third kappa shape index (κ3) is 3.63. The smallest absolute Gasteiger partial charge is 0.316 e. The Labute approximate surface area is 115 Å². The van der Waals surface area contributed by atoms with Crippen molar-refractivity contribution in [2.75, 3.05) is 5.32 Å². The molecule has 4 heteroatoms. The number of amides is 2. The molecule has 0 aliphatic carbocycles. The number of anilines is 1. The standard InChI is InChI=1S/C15H24N2O2/c1-14(2,3)10-7-9(17-13(16)19)8-11(12(10)18)15(4,5)6/h7-8,18H,1-6H3,(H3,16,17,19). The molecule has 0 unspecified atom stereocenters. The van der Waals surface area contributed by atoms with Gasteiger partial charge in [0.25, 0.3) is 0 Å². The second-order valence-electron chi connectivity index (χ2n) is 6.91. The molecule has 0 aliphatic heterocycles. The molecule has 0 radical (unpaired) electrons. The maximum atomic E-state index is 11.0. The van der Waals surface area contributed by atoms with Gasteiger partial charge in [0, 0.05) is 16.8 Å². The minimum absolute atomic E-state index is 0.223. The van der Waals surface area contributed by atoms with Gasteiger partial charge in [-0.2, -0.15) is 0 Å². The van der Waals surface area contributed by atoms with Crippen molar-refractivity contribution in [3.05, 3.63) is 23.3 Å². The first-order valence-corrected chi connectivity index (χ1v) is 6.37. The fourth-order valence-electron chi connectivity index (χ4n) is 1.99. The molecule has 106 valence electrons. The number of nitrogens with one attached hydrogen (secondary N) is 1. The van der Waals surface area contributed by atoms with Crippen LogP contribution in [0, 0.1) is 0 Å². The molecule has 1 aromatic carbocycles. The SMILES string of the molecule is CC(C)(C)c1cc(NC(N)=O)cc(C(C)(C)C)c1O. The van der Waals surface area contributed by atoms with Gasteiger partial charge in [0.1, 0.15) is 5.75 Å². The number of hydrogen-bond donors (Lipinski definition) is 3. The van der Waals surface area contributed by atoms with E-state index in [1.54, 1.807) is 12.1 Å². The summed E-state index contributed by atoms with van der Waals surface area (Å²) in [5, 5.41) is 13.1. The summed E-state index contributed by atoms with van der Waals surface area (Å²) in [5.74, 6) is 0.287. The lowest BCUT2D eigenvalue weighted by Crippen LogP contribution is -2.22. The van der Waals surface area contributed by atoms with Gasteiger partial charge in [0.05, 0.1) is 0 Å². The van der Waals surface area contributed by atoms with E-state index in [-0.39, 0.29) is 16.6 Å². The van der Waals surface area contributed by atoms with Crippen molar-refractivity contribution >= 4 is 11.7 Å². The maximum Gasteiger partial charge on any atom is 0.316 e. The molecule has 0 aliphatic rings. The summed E-state index contributed by atoms with van der Waals surface area (Å²) in [6, 6.07) is 2.94. The predicted octanol–water partition coefficient (Wildman–Crippen LogP) is 3.48. The van der Waals surface area contributed by atoms with E-state index in [1.807, 2.05) is 41.5 Å². The van der Waals surface area contributed by atoms with Gasteiger partial charge in [0.2, 0.25) is 0 Å². The topological polar surface area (TPSA) is 75.3 Å². The van der Waals surface area contributed by atoms with E-state index in [2.05, 4.69) is 5.32 Å². The minimum atomic E-state index is -0.606. The lowest BCUT2D eigenvalue weighted by Gasteiger charge is -2.28. The number of carbonyl (C=O) groups is 1. The Morgan fingerprint density at radius 1 is 1.05 bits per heavy atom. The zero-order valence-corrected chi connectivity index (χ0v) is 12.6. The van der Waals surface area contributed by atoms with Crippen molar-refractivity contribution in [2.45, 2.75) is 52.4 Å². The molecular formula is C15H24N2O2. The fraction of sp³-hybridized carbons (Fsp3) is 0.533. The number of urea groups is 1. The van der Waals surface area contributed by atoms with Crippen LogP contribution < -0.4 is 11.1 Å². The lowest BCUT2D eigenvalue weighted by molar-refractivity contribution is 0.259. The molecule has 0 saturated heterocycles. The molecule has 0 spiro atoms. The zero-order valence-electron chi connectivity index (χ0n) is 12.6. The van der Waals surface area contributed by atoms with Crippen LogP contribution in [-0.4, -0.2) is 11.1 Å². The summed E-state index contributed by atoms with van der Waals surface area (Å²) in [6.45, 7) is 12.1. The fourth-order valence-corrected chi connectivity index (χ4v) is 1.99. The Balaban J connectivity index is 3.52. The molecule has 0 fully saturated rings. The Bertz CT molecular complexity index is 459. The van der Waals surface area contributed by atoms with Gasteiger partial charge >= 0.3 is 6.03 Å². The Kier molecular flexibility index (Phi) is 3.84. The molecule has 1 rings (SSSR count). The minimum Gasteiger partial charge on any atom is -0.507 e. The van der Waals surface area contributed by atoms with Crippen LogP contribution in [0.5, 0.6) is 5.75 Å². The van der Waals surface area contributed by atoms with Crippen LogP contribution in [0.25, 0.3) is 0 Å². The van der Waals surface area contributed by atoms with Crippen molar-refractivity contribution in [2.24, 2.45) is 5.73 Å².